The summed E-state index contributed by atoms with van der Waals surface area (Å²) < 4.78 is 0. The zero-order valence-corrected chi connectivity index (χ0v) is 17.8. The van der Waals surface area contributed by atoms with Crippen molar-refractivity contribution in [2.24, 2.45) is 0 Å². The minimum atomic E-state index is -0.0909. The van der Waals surface area contributed by atoms with Gasteiger partial charge in [-0.1, -0.05) is 46.9 Å². The quantitative estimate of drug-likeness (QED) is 0.377. The van der Waals surface area contributed by atoms with Gasteiger partial charge in [0.05, 0.1) is 22.2 Å². The van der Waals surface area contributed by atoms with Crippen LogP contribution in [-0.2, 0) is 0 Å². The second-order valence-electron chi connectivity index (χ2n) is 7.22. The van der Waals surface area contributed by atoms with E-state index in [1.165, 1.54) is 5.57 Å². The standard InChI is InChI=1S/C22H19Cl3N2/c1-13-11-22(2,3)27(4)21-10-19(24)14(8-18(13)21)7-15(12-26)17-6-5-16(23)9-20(17)25/h5-11H,1-4H3/b15-7+. The normalized spacial score (nSPS) is 15.9. The van der Waals surface area contributed by atoms with Gasteiger partial charge in [0.15, 0.2) is 0 Å². The number of hydrogen-bond donors (Lipinski definition) is 0. The Morgan fingerprint density at radius 2 is 1.81 bits per heavy atom. The molecule has 0 atom stereocenters. The van der Waals surface area contributed by atoms with Gasteiger partial charge in [-0.25, -0.2) is 0 Å². The van der Waals surface area contributed by atoms with Gasteiger partial charge in [0.1, 0.15) is 0 Å². The van der Waals surface area contributed by atoms with Crippen LogP contribution < -0.4 is 4.90 Å². The molecule has 0 fully saturated rings. The summed E-state index contributed by atoms with van der Waals surface area (Å²) in [5, 5.41) is 11.2. The van der Waals surface area contributed by atoms with Gasteiger partial charge in [0.25, 0.3) is 0 Å². The lowest BCUT2D eigenvalue weighted by Gasteiger charge is -2.40. The molecular weight excluding hydrogens is 399 g/mol. The molecule has 0 N–H and O–H groups in total. The van der Waals surface area contributed by atoms with Crippen molar-refractivity contribution in [3.8, 4) is 6.07 Å². The van der Waals surface area contributed by atoms with Crippen molar-refractivity contribution in [2.75, 3.05) is 11.9 Å². The summed E-state index contributed by atoms with van der Waals surface area (Å²) in [5.41, 5.74) is 5.11. The molecule has 0 aromatic heterocycles. The summed E-state index contributed by atoms with van der Waals surface area (Å²) in [6, 6.07) is 11.3. The van der Waals surface area contributed by atoms with E-state index in [1.54, 1.807) is 24.3 Å². The van der Waals surface area contributed by atoms with E-state index in [2.05, 4.69) is 44.9 Å². The van der Waals surface area contributed by atoms with Crippen LogP contribution in [0.2, 0.25) is 15.1 Å². The summed E-state index contributed by atoms with van der Waals surface area (Å²) in [4.78, 5) is 2.20. The molecule has 1 aliphatic heterocycles. The average molecular weight is 418 g/mol. The van der Waals surface area contributed by atoms with Gasteiger partial charge in [-0.15, -0.1) is 0 Å². The third-order valence-electron chi connectivity index (χ3n) is 4.98. The van der Waals surface area contributed by atoms with Crippen LogP contribution in [0.25, 0.3) is 17.2 Å². The molecule has 0 radical (unpaired) electrons. The van der Waals surface area contributed by atoms with Gasteiger partial charge in [0, 0.05) is 33.9 Å². The zero-order valence-electron chi connectivity index (χ0n) is 15.6. The summed E-state index contributed by atoms with van der Waals surface area (Å²) >= 11 is 18.8. The number of allylic oxidation sites excluding steroid dienone is 2. The van der Waals surface area contributed by atoms with Gasteiger partial charge >= 0.3 is 0 Å². The van der Waals surface area contributed by atoms with Gasteiger partial charge in [-0.3, -0.25) is 0 Å². The van der Waals surface area contributed by atoms with Crippen molar-refractivity contribution in [3.63, 3.8) is 0 Å². The Hall–Kier alpha value is -1.92. The van der Waals surface area contributed by atoms with Crippen molar-refractivity contribution in [1.82, 2.24) is 0 Å². The van der Waals surface area contributed by atoms with Crippen LogP contribution in [0, 0.1) is 11.3 Å². The molecule has 2 aromatic carbocycles. The molecule has 27 heavy (non-hydrogen) atoms. The maximum absolute atomic E-state index is 9.65. The number of nitrogens with zero attached hydrogens (tertiary/aromatic N) is 2. The van der Waals surface area contributed by atoms with E-state index in [9.17, 15) is 5.26 Å². The molecule has 0 bridgehead atoms. The maximum atomic E-state index is 9.65. The number of fused-ring (bicyclic) bond motifs is 1. The highest BCUT2D eigenvalue weighted by atomic mass is 35.5. The summed E-state index contributed by atoms with van der Waals surface area (Å²) in [6.07, 6.45) is 4.00. The molecule has 0 amide bonds. The SMILES string of the molecule is CC1=CC(C)(C)N(C)c2cc(Cl)c(/C=C(\C#N)c3ccc(Cl)cc3Cl)cc21. The van der Waals surface area contributed by atoms with Crippen molar-refractivity contribution in [3.05, 3.63) is 68.2 Å². The lowest BCUT2D eigenvalue weighted by Crippen LogP contribution is -2.42. The highest BCUT2D eigenvalue weighted by Crippen LogP contribution is 2.41. The number of benzene rings is 2. The second kappa shape index (κ2) is 7.24. The first-order valence-electron chi connectivity index (χ1n) is 8.48. The van der Waals surface area contributed by atoms with E-state index in [-0.39, 0.29) is 5.54 Å². The highest BCUT2D eigenvalue weighted by Gasteiger charge is 2.29. The Bertz CT molecular complexity index is 1030. The van der Waals surface area contributed by atoms with E-state index >= 15 is 0 Å². The van der Waals surface area contributed by atoms with Crippen LogP contribution in [-0.4, -0.2) is 12.6 Å². The van der Waals surface area contributed by atoms with E-state index in [4.69, 9.17) is 34.8 Å². The minimum absolute atomic E-state index is 0.0909. The Balaban J connectivity index is 2.15. The first-order chi connectivity index (χ1) is 12.6. The fourth-order valence-corrected chi connectivity index (χ4v) is 4.05. The Morgan fingerprint density at radius 1 is 1.11 bits per heavy atom. The van der Waals surface area contributed by atoms with Crippen LogP contribution >= 0.6 is 34.8 Å². The molecule has 3 rings (SSSR count). The van der Waals surface area contributed by atoms with E-state index in [0.717, 1.165) is 16.8 Å². The number of nitriles is 1. The van der Waals surface area contributed by atoms with Crippen LogP contribution in [0.1, 0.15) is 37.5 Å². The van der Waals surface area contributed by atoms with Crippen LogP contribution in [0.15, 0.2) is 36.4 Å². The lowest BCUT2D eigenvalue weighted by molar-refractivity contribution is 0.598. The third-order valence-corrected chi connectivity index (χ3v) is 5.85. The molecule has 0 aliphatic carbocycles. The fraction of sp³-hybridized carbons (Fsp3) is 0.227. The molecule has 2 aromatic rings. The first kappa shape index (κ1) is 19.8. The van der Waals surface area contributed by atoms with Crippen molar-refractivity contribution < 1.29 is 0 Å². The van der Waals surface area contributed by atoms with E-state index < -0.39 is 0 Å². The second-order valence-corrected chi connectivity index (χ2v) is 8.48. The number of anilines is 1. The molecule has 2 nitrogen and oxygen atoms in total. The zero-order chi connectivity index (χ0) is 19.9. The Morgan fingerprint density at radius 3 is 2.44 bits per heavy atom. The monoisotopic (exact) mass is 416 g/mol. The van der Waals surface area contributed by atoms with Gasteiger partial charge < -0.3 is 4.90 Å². The highest BCUT2D eigenvalue weighted by molar-refractivity contribution is 6.36. The molecule has 5 heteroatoms. The van der Waals surface area contributed by atoms with Crippen LogP contribution in [0.5, 0.6) is 0 Å². The molecule has 138 valence electrons. The molecule has 0 spiro atoms. The predicted octanol–water partition coefficient (Wildman–Crippen LogP) is 7.34. The van der Waals surface area contributed by atoms with Crippen molar-refractivity contribution >= 4 is 57.7 Å². The van der Waals surface area contributed by atoms with E-state index in [0.29, 0.717) is 26.2 Å². The Kier molecular flexibility index (Phi) is 5.32. The molecule has 0 unspecified atom stereocenters. The topological polar surface area (TPSA) is 27.0 Å². The van der Waals surface area contributed by atoms with Crippen LogP contribution in [0.4, 0.5) is 5.69 Å². The van der Waals surface area contributed by atoms with Gasteiger partial charge in [-0.05, 0) is 62.2 Å². The van der Waals surface area contributed by atoms with E-state index in [1.807, 2.05) is 12.1 Å². The first-order valence-corrected chi connectivity index (χ1v) is 9.62. The molecule has 0 saturated heterocycles. The largest absolute Gasteiger partial charge is 0.365 e. The van der Waals surface area contributed by atoms with Gasteiger partial charge in [0.2, 0.25) is 0 Å². The maximum Gasteiger partial charge on any atom is 0.0998 e. The molecular formula is C22H19Cl3N2. The third kappa shape index (κ3) is 3.73. The number of hydrogen-bond acceptors (Lipinski definition) is 2. The average Bonchev–Trinajstić information content (AvgIpc) is 2.59. The van der Waals surface area contributed by atoms with Crippen LogP contribution in [0.3, 0.4) is 0 Å². The summed E-state index contributed by atoms with van der Waals surface area (Å²) in [6.45, 7) is 6.42. The summed E-state index contributed by atoms with van der Waals surface area (Å²) in [5.74, 6) is 0. The van der Waals surface area contributed by atoms with Crippen molar-refractivity contribution in [2.45, 2.75) is 26.3 Å². The lowest BCUT2D eigenvalue weighted by atomic mass is 9.88. The molecule has 1 aliphatic rings. The van der Waals surface area contributed by atoms with Crippen molar-refractivity contribution in [1.29, 1.82) is 5.26 Å². The summed E-state index contributed by atoms with van der Waals surface area (Å²) in [7, 11) is 2.06. The smallest absolute Gasteiger partial charge is 0.0998 e. The number of rotatable bonds is 2. The fourth-order valence-electron chi connectivity index (χ4n) is 3.33. The predicted molar refractivity (Wildman–Crippen MR) is 118 cm³/mol. The molecule has 1 heterocycles. The number of likely N-dealkylation sites (N-methyl/N-ethyl adjacent to an activating group) is 1. The van der Waals surface area contributed by atoms with Gasteiger partial charge in [-0.2, -0.15) is 5.26 Å². The number of halogens is 3. The minimum Gasteiger partial charge on any atom is -0.365 e. The Labute approximate surface area is 175 Å². The molecule has 0 saturated carbocycles.